The smallest absolute Gasteiger partial charge is 0.309 e. The standard InChI is InChI=1S/C28H32ClFN2O3S/c1-19-4-3-5-21(16-19)36-15-14-32-12-10-28(11-13-32,27(33)34)9-8-24(30)26-22-17-20(35-2)6-7-25(22)31-18-23(26)29/h3-7,16-18,24H,8-15H2,1-2H3,(H,33,34)/t24-/m0/s1. The molecule has 192 valence electrons. The van der Waals surface area contributed by atoms with Crippen molar-refractivity contribution >= 4 is 40.2 Å². The van der Waals surface area contributed by atoms with Crippen LogP contribution in [-0.2, 0) is 4.79 Å². The summed E-state index contributed by atoms with van der Waals surface area (Å²) in [6, 6.07) is 13.7. The van der Waals surface area contributed by atoms with Gasteiger partial charge in [0.1, 0.15) is 11.9 Å². The molecule has 8 heteroatoms. The molecule has 5 nitrogen and oxygen atoms in total. The van der Waals surface area contributed by atoms with Gasteiger partial charge in [0, 0.05) is 34.3 Å². The molecular formula is C28H32ClFN2O3S. The fourth-order valence-corrected chi connectivity index (χ4v) is 6.23. The Morgan fingerprint density at radius 1 is 1.28 bits per heavy atom. The first kappa shape index (κ1) is 26.7. The van der Waals surface area contributed by atoms with E-state index in [0.29, 0.717) is 48.1 Å². The van der Waals surface area contributed by atoms with Crippen LogP contribution < -0.4 is 4.74 Å². The van der Waals surface area contributed by atoms with Crippen LogP contribution in [0.5, 0.6) is 5.75 Å². The van der Waals surface area contributed by atoms with E-state index in [4.69, 9.17) is 16.3 Å². The number of methoxy groups -OCH3 is 1. The first-order valence-electron chi connectivity index (χ1n) is 12.2. The number of benzene rings is 2. The fraction of sp³-hybridized carbons (Fsp3) is 0.429. The second-order valence-electron chi connectivity index (χ2n) is 9.50. The number of carboxylic acids is 1. The van der Waals surface area contributed by atoms with Gasteiger partial charge < -0.3 is 14.7 Å². The van der Waals surface area contributed by atoms with Crippen molar-refractivity contribution in [3.63, 3.8) is 0 Å². The summed E-state index contributed by atoms with van der Waals surface area (Å²) < 4.78 is 20.9. The molecule has 2 aromatic carbocycles. The number of carbonyl (C=O) groups is 1. The molecule has 2 heterocycles. The number of likely N-dealkylation sites (tertiary alicyclic amines) is 1. The van der Waals surface area contributed by atoms with E-state index in [2.05, 4.69) is 41.1 Å². The van der Waals surface area contributed by atoms with Gasteiger partial charge in [-0.1, -0.05) is 29.3 Å². The zero-order chi connectivity index (χ0) is 25.7. The number of aryl methyl sites for hydroxylation is 1. The van der Waals surface area contributed by atoms with Gasteiger partial charge in [-0.3, -0.25) is 9.78 Å². The molecular weight excluding hydrogens is 499 g/mol. The van der Waals surface area contributed by atoms with E-state index in [9.17, 15) is 9.90 Å². The fourth-order valence-electron chi connectivity index (χ4n) is 4.93. The van der Waals surface area contributed by atoms with Crippen LogP contribution in [0.2, 0.25) is 5.02 Å². The number of halogens is 2. The normalized spacial score (nSPS) is 16.7. The monoisotopic (exact) mass is 530 g/mol. The molecule has 1 saturated heterocycles. The van der Waals surface area contributed by atoms with Crippen molar-refractivity contribution in [1.82, 2.24) is 9.88 Å². The molecule has 1 fully saturated rings. The van der Waals surface area contributed by atoms with Crippen molar-refractivity contribution in [1.29, 1.82) is 0 Å². The average Bonchev–Trinajstić information content (AvgIpc) is 2.87. The number of rotatable bonds is 10. The Kier molecular flexibility index (Phi) is 8.75. The summed E-state index contributed by atoms with van der Waals surface area (Å²) >= 11 is 8.18. The second-order valence-corrected chi connectivity index (χ2v) is 11.1. The Hall–Kier alpha value is -2.35. The number of ether oxygens (including phenoxy) is 1. The molecule has 0 aliphatic carbocycles. The van der Waals surface area contributed by atoms with Crippen molar-refractivity contribution in [2.45, 2.75) is 43.7 Å². The third-order valence-electron chi connectivity index (χ3n) is 7.19. The lowest BCUT2D eigenvalue weighted by atomic mass is 9.74. The number of hydrogen-bond acceptors (Lipinski definition) is 5. The van der Waals surface area contributed by atoms with E-state index < -0.39 is 17.6 Å². The van der Waals surface area contributed by atoms with Crippen LogP contribution in [0.3, 0.4) is 0 Å². The molecule has 1 aromatic heterocycles. The minimum atomic E-state index is -1.39. The first-order valence-corrected chi connectivity index (χ1v) is 13.6. The Labute approximate surface area is 221 Å². The molecule has 1 aliphatic rings. The van der Waals surface area contributed by atoms with E-state index in [1.165, 1.54) is 16.7 Å². The number of fused-ring (bicyclic) bond motifs is 1. The molecule has 0 amide bonds. The predicted octanol–water partition coefficient (Wildman–Crippen LogP) is 6.96. The minimum absolute atomic E-state index is 0.0888. The molecule has 1 atom stereocenters. The number of carboxylic acid groups (broad SMARTS) is 1. The van der Waals surface area contributed by atoms with Crippen LogP contribution in [-0.4, -0.2) is 53.5 Å². The molecule has 0 radical (unpaired) electrons. The largest absolute Gasteiger partial charge is 0.497 e. The molecule has 0 bridgehead atoms. The number of hydrogen-bond donors (Lipinski definition) is 1. The van der Waals surface area contributed by atoms with E-state index in [0.717, 1.165) is 12.3 Å². The Balaban J connectivity index is 1.37. The van der Waals surface area contributed by atoms with Crippen LogP contribution in [0, 0.1) is 12.3 Å². The molecule has 36 heavy (non-hydrogen) atoms. The predicted molar refractivity (Wildman–Crippen MR) is 144 cm³/mol. The van der Waals surface area contributed by atoms with Crippen LogP contribution in [0.15, 0.2) is 53.6 Å². The van der Waals surface area contributed by atoms with Gasteiger partial charge in [0.15, 0.2) is 0 Å². The number of aliphatic carboxylic acids is 1. The third-order valence-corrected chi connectivity index (χ3v) is 8.47. The highest BCUT2D eigenvalue weighted by atomic mass is 35.5. The van der Waals surface area contributed by atoms with Gasteiger partial charge >= 0.3 is 5.97 Å². The Morgan fingerprint density at radius 3 is 2.75 bits per heavy atom. The van der Waals surface area contributed by atoms with Gasteiger partial charge in [-0.25, -0.2) is 4.39 Å². The van der Waals surface area contributed by atoms with Gasteiger partial charge in [-0.05, 0) is 76.0 Å². The quantitative estimate of drug-likeness (QED) is 0.286. The summed E-state index contributed by atoms with van der Waals surface area (Å²) in [5, 5.41) is 10.9. The summed E-state index contributed by atoms with van der Waals surface area (Å²) in [6.07, 6.45) is 1.45. The van der Waals surface area contributed by atoms with Gasteiger partial charge in [-0.15, -0.1) is 11.8 Å². The Morgan fingerprint density at radius 2 is 2.06 bits per heavy atom. The van der Waals surface area contributed by atoms with E-state index in [1.54, 1.807) is 25.3 Å². The summed E-state index contributed by atoms with van der Waals surface area (Å²) in [7, 11) is 1.55. The minimum Gasteiger partial charge on any atom is -0.497 e. The van der Waals surface area contributed by atoms with Crippen LogP contribution in [0.25, 0.3) is 10.9 Å². The highest BCUT2D eigenvalue weighted by Gasteiger charge is 2.41. The first-order chi connectivity index (χ1) is 17.3. The number of thioether (sulfide) groups is 1. The SMILES string of the molecule is COc1ccc2ncc(Cl)c([C@@H](F)CCC3(C(=O)O)CCN(CCSc4cccc(C)c4)CC3)c2c1. The second kappa shape index (κ2) is 11.8. The molecule has 4 rings (SSSR count). The molecule has 0 saturated carbocycles. The third kappa shape index (κ3) is 6.13. The van der Waals surface area contributed by atoms with E-state index in [1.807, 2.05) is 11.8 Å². The number of piperidine rings is 1. The lowest BCUT2D eigenvalue weighted by Crippen LogP contribution is -2.45. The molecule has 0 unspecified atom stereocenters. The maximum Gasteiger partial charge on any atom is 0.309 e. The lowest BCUT2D eigenvalue weighted by Gasteiger charge is -2.39. The summed E-state index contributed by atoms with van der Waals surface area (Å²) in [4.78, 5) is 20.2. The maximum atomic E-state index is 15.6. The van der Waals surface area contributed by atoms with Crippen molar-refractivity contribution in [3.05, 3.63) is 64.8 Å². The number of alkyl halides is 1. The van der Waals surface area contributed by atoms with Crippen molar-refractivity contribution in [2.75, 3.05) is 32.5 Å². The number of aromatic nitrogens is 1. The summed E-state index contributed by atoms with van der Waals surface area (Å²) in [6.45, 7) is 4.39. The zero-order valence-corrected chi connectivity index (χ0v) is 22.2. The highest BCUT2D eigenvalue weighted by molar-refractivity contribution is 7.99. The molecule has 1 N–H and O–H groups in total. The van der Waals surface area contributed by atoms with Gasteiger partial charge in [0.25, 0.3) is 0 Å². The zero-order valence-electron chi connectivity index (χ0n) is 20.7. The lowest BCUT2D eigenvalue weighted by molar-refractivity contribution is -0.153. The van der Waals surface area contributed by atoms with Crippen LogP contribution in [0.1, 0.15) is 43.0 Å². The van der Waals surface area contributed by atoms with Gasteiger partial charge in [0.05, 0.1) is 23.1 Å². The van der Waals surface area contributed by atoms with Crippen molar-refractivity contribution in [3.8, 4) is 5.75 Å². The van der Waals surface area contributed by atoms with Gasteiger partial charge in [-0.2, -0.15) is 0 Å². The molecule has 3 aromatic rings. The average molecular weight is 531 g/mol. The summed E-state index contributed by atoms with van der Waals surface area (Å²) in [5.74, 6) is 0.707. The van der Waals surface area contributed by atoms with E-state index in [-0.39, 0.29) is 17.9 Å². The Bertz CT molecular complexity index is 1220. The van der Waals surface area contributed by atoms with E-state index >= 15 is 4.39 Å². The maximum absolute atomic E-state index is 15.6. The number of nitrogens with zero attached hydrogens (tertiary/aromatic N) is 2. The summed E-state index contributed by atoms with van der Waals surface area (Å²) in [5.41, 5.74) is 1.31. The van der Waals surface area contributed by atoms with Gasteiger partial charge in [0.2, 0.25) is 0 Å². The van der Waals surface area contributed by atoms with Crippen molar-refractivity contribution < 1.29 is 19.0 Å². The topological polar surface area (TPSA) is 62.7 Å². The number of pyridine rings is 1. The van der Waals surface area contributed by atoms with Crippen molar-refractivity contribution in [2.24, 2.45) is 5.41 Å². The highest BCUT2D eigenvalue weighted by Crippen LogP contribution is 2.42. The molecule has 0 spiro atoms. The van der Waals surface area contributed by atoms with Crippen LogP contribution >= 0.6 is 23.4 Å². The molecule has 1 aliphatic heterocycles. The van der Waals surface area contributed by atoms with Crippen LogP contribution in [0.4, 0.5) is 4.39 Å².